The molecule has 2 aromatic rings. The molecule has 5 heteroatoms. The zero-order chi connectivity index (χ0) is 13.8. The van der Waals surface area contributed by atoms with E-state index in [0.717, 1.165) is 10.2 Å². The molecule has 0 aliphatic heterocycles. The third-order valence-corrected chi connectivity index (χ3v) is 3.76. The van der Waals surface area contributed by atoms with E-state index in [4.69, 9.17) is 16.3 Å². The van der Waals surface area contributed by atoms with Gasteiger partial charge in [0.15, 0.2) is 0 Å². The molecule has 0 unspecified atom stereocenters. The highest BCUT2D eigenvalue weighted by molar-refractivity contribution is 9.10. The van der Waals surface area contributed by atoms with Gasteiger partial charge in [-0.25, -0.2) is 0 Å². The van der Waals surface area contributed by atoms with Gasteiger partial charge in [0.05, 0.1) is 12.1 Å². The Morgan fingerprint density at radius 3 is 2.47 bits per heavy atom. The number of hydrogen-bond donors (Lipinski definition) is 1. The fourth-order valence-electron chi connectivity index (χ4n) is 1.51. The smallest absolute Gasteiger partial charge is 0.255 e. The van der Waals surface area contributed by atoms with Crippen LogP contribution in [0.4, 0.5) is 5.69 Å². The molecule has 0 fully saturated rings. The van der Waals surface area contributed by atoms with Crippen molar-refractivity contribution in [2.45, 2.75) is 0 Å². The van der Waals surface area contributed by atoms with E-state index < -0.39 is 0 Å². The minimum absolute atomic E-state index is 0.209. The number of nitrogens with one attached hydrogen (secondary N) is 1. The van der Waals surface area contributed by atoms with E-state index in [1.165, 1.54) is 0 Å². The van der Waals surface area contributed by atoms with E-state index in [9.17, 15) is 4.79 Å². The quantitative estimate of drug-likeness (QED) is 0.901. The van der Waals surface area contributed by atoms with Crippen molar-refractivity contribution in [3.63, 3.8) is 0 Å². The van der Waals surface area contributed by atoms with Crippen LogP contribution in [0.15, 0.2) is 46.9 Å². The molecule has 0 aliphatic carbocycles. The van der Waals surface area contributed by atoms with Gasteiger partial charge in [0.25, 0.3) is 5.91 Å². The first-order chi connectivity index (χ1) is 9.10. The van der Waals surface area contributed by atoms with Gasteiger partial charge < -0.3 is 10.1 Å². The molecule has 0 spiro atoms. The molecule has 2 rings (SSSR count). The molecule has 0 saturated carbocycles. The Morgan fingerprint density at radius 1 is 1.21 bits per heavy atom. The first kappa shape index (κ1) is 13.9. The maximum Gasteiger partial charge on any atom is 0.255 e. The third-order valence-electron chi connectivity index (χ3n) is 2.53. The SMILES string of the molecule is COc1ccc(NC(=O)c2ccc(Br)c(Cl)c2)cc1. The van der Waals surface area contributed by atoms with Crippen LogP contribution in [-0.2, 0) is 0 Å². The van der Waals surface area contributed by atoms with E-state index in [1.807, 2.05) is 0 Å². The molecule has 0 bridgehead atoms. The Labute approximate surface area is 124 Å². The Balaban J connectivity index is 2.13. The monoisotopic (exact) mass is 339 g/mol. The number of carbonyl (C=O) groups is 1. The first-order valence-electron chi connectivity index (χ1n) is 5.50. The van der Waals surface area contributed by atoms with Gasteiger partial charge in [0.1, 0.15) is 5.75 Å². The normalized spacial score (nSPS) is 10.1. The highest BCUT2D eigenvalue weighted by Gasteiger charge is 2.08. The summed E-state index contributed by atoms with van der Waals surface area (Å²) in [6.45, 7) is 0. The lowest BCUT2D eigenvalue weighted by molar-refractivity contribution is 0.102. The zero-order valence-corrected chi connectivity index (χ0v) is 12.5. The van der Waals surface area contributed by atoms with Crippen molar-refractivity contribution >= 4 is 39.1 Å². The predicted molar refractivity (Wildman–Crippen MR) is 80.1 cm³/mol. The Bertz CT molecular complexity index is 599. The Morgan fingerprint density at radius 2 is 1.89 bits per heavy atom. The van der Waals surface area contributed by atoms with Crippen LogP contribution in [0.5, 0.6) is 5.75 Å². The summed E-state index contributed by atoms with van der Waals surface area (Å²) in [6, 6.07) is 12.2. The standard InChI is InChI=1S/C14H11BrClNO2/c1-19-11-5-3-10(4-6-11)17-14(18)9-2-7-12(15)13(16)8-9/h2-8H,1H3,(H,17,18). The second-order valence-corrected chi connectivity index (χ2v) is 5.07. The molecule has 1 N–H and O–H groups in total. The van der Waals surface area contributed by atoms with Gasteiger partial charge in [-0.15, -0.1) is 0 Å². The number of methoxy groups -OCH3 is 1. The topological polar surface area (TPSA) is 38.3 Å². The predicted octanol–water partition coefficient (Wildman–Crippen LogP) is 4.36. The summed E-state index contributed by atoms with van der Waals surface area (Å²) in [6.07, 6.45) is 0. The van der Waals surface area contributed by atoms with Crippen molar-refractivity contribution in [1.29, 1.82) is 0 Å². The minimum atomic E-state index is -0.209. The second kappa shape index (κ2) is 6.08. The Kier molecular flexibility index (Phi) is 4.45. The highest BCUT2D eigenvalue weighted by Crippen LogP contribution is 2.24. The van der Waals surface area contributed by atoms with Gasteiger partial charge in [-0.1, -0.05) is 11.6 Å². The summed E-state index contributed by atoms with van der Waals surface area (Å²) in [7, 11) is 1.59. The average molecular weight is 341 g/mol. The maximum absolute atomic E-state index is 12.0. The molecule has 3 nitrogen and oxygen atoms in total. The van der Waals surface area contributed by atoms with Crippen LogP contribution in [-0.4, -0.2) is 13.0 Å². The van der Waals surface area contributed by atoms with Crippen LogP contribution in [0, 0.1) is 0 Å². The number of anilines is 1. The van der Waals surface area contributed by atoms with Crippen molar-refractivity contribution < 1.29 is 9.53 Å². The molecule has 19 heavy (non-hydrogen) atoms. The lowest BCUT2D eigenvalue weighted by Gasteiger charge is -2.07. The molecule has 2 aromatic carbocycles. The first-order valence-corrected chi connectivity index (χ1v) is 6.67. The van der Waals surface area contributed by atoms with E-state index in [2.05, 4.69) is 21.2 Å². The van der Waals surface area contributed by atoms with Gasteiger partial charge >= 0.3 is 0 Å². The van der Waals surface area contributed by atoms with Crippen LogP contribution in [0.3, 0.4) is 0 Å². The summed E-state index contributed by atoms with van der Waals surface area (Å²) < 4.78 is 5.81. The number of hydrogen-bond acceptors (Lipinski definition) is 2. The fraction of sp³-hybridized carbons (Fsp3) is 0.0714. The van der Waals surface area contributed by atoms with Crippen molar-refractivity contribution in [2.24, 2.45) is 0 Å². The van der Waals surface area contributed by atoms with Gasteiger partial charge in [0.2, 0.25) is 0 Å². The van der Waals surface area contributed by atoms with Crippen molar-refractivity contribution in [3.8, 4) is 5.75 Å². The number of halogens is 2. The van der Waals surface area contributed by atoms with E-state index in [1.54, 1.807) is 49.6 Å². The number of benzene rings is 2. The van der Waals surface area contributed by atoms with Gasteiger partial charge in [-0.05, 0) is 58.4 Å². The molecule has 0 aliphatic rings. The van der Waals surface area contributed by atoms with E-state index in [-0.39, 0.29) is 5.91 Å². The molecule has 0 saturated heterocycles. The van der Waals surface area contributed by atoms with Gasteiger partial charge in [-0.3, -0.25) is 4.79 Å². The maximum atomic E-state index is 12.0. The van der Waals surface area contributed by atoms with E-state index >= 15 is 0 Å². The summed E-state index contributed by atoms with van der Waals surface area (Å²) in [4.78, 5) is 12.0. The summed E-state index contributed by atoms with van der Waals surface area (Å²) in [5.41, 5.74) is 1.20. The number of carbonyl (C=O) groups excluding carboxylic acids is 1. The molecule has 1 amide bonds. The van der Waals surface area contributed by atoms with Crippen LogP contribution in [0.1, 0.15) is 10.4 Å². The van der Waals surface area contributed by atoms with Gasteiger partial charge in [-0.2, -0.15) is 0 Å². The van der Waals surface area contributed by atoms with Crippen LogP contribution in [0.2, 0.25) is 5.02 Å². The summed E-state index contributed by atoms with van der Waals surface area (Å²) >= 11 is 9.24. The molecular formula is C14H11BrClNO2. The van der Waals surface area contributed by atoms with Crippen LogP contribution >= 0.6 is 27.5 Å². The molecular weight excluding hydrogens is 330 g/mol. The highest BCUT2D eigenvalue weighted by atomic mass is 79.9. The summed E-state index contributed by atoms with van der Waals surface area (Å²) in [5.74, 6) is 0.532. The summed E-state index contributed by atoms with van der Waals surface area (Å²) in [5, 5.41) is 3.29. The molecule has 0 aromatic heterocycles. The molecule has 0 heterocycles. The largest absolute Gasteiger partial charge is 0.497 e. The lowest BCUT2D eigenvalue weighted by atomic mass is 10.2. The lowest BCUT2D eigenvalue weighted by Crippen LogP contribution is -2.11. The van der Waals surface area contributed by atoms with Gasteiger partial charge in [0, 0.05) is 15.7 Å². The van der Waals surface area contributed by atoms with Crippen molar-refractivity contribution in [1.82, 2.24) is 0 Å². The van der Waals surface area contributed by atoms with Crippen LogP contribution < -0.4 is 10.1 Å². The number of rotatable bonds is 3. The second-order valence-electron chi connectivity index (χ2n) is 3.81. The molecule has 98 valence electrons. The zero-order valence-electron chi connectivity index (χ0n) is 10.1. The third kappa shape index (κ3) is 3.49. The number of ether oxygens (including phenoxy) is 1. The Hall–Kier alpha value is -1.52. The average Bonchev–Trinajstić information content (AvgIpc) is 2.42. The van der Waals surface area contributed by atoms with E-state index in [0.29, 0.717) is 16.3 Å². The molecule has 0 radical (unpaired) electrons. The van der Waals surface area contributed by atoms with Crippen molar-refractivity contribution in [3.05, 3.63) is 57.5 Å². The van der Waals surface area contributed by atoms with Crippen LogP contribution in [0.25, 0.3) is 0 Å². The fourth-order valence-corrected chi connectivity index (χ4v) is 1.94. The minimum Gasteiger partial charge on any atom is -0.497 e. The number of amides is 1. The van der Waals surface area contributed by atoms with Crippen molar-refractivity contribution in [2.75, 3.05) is 12.4 Å². The molecule has 0 atom stereocenters.